The van der Waals surface area contributed by atoms with E-state index in [0.717, 1.165) is 114 Å². The van der Waals surface area contributed by atoms with Gasteiger partial charge in [-0.05, 0) is 161 Å². The smallest absolute Gasteiger partial charge is 0.336 e. The number of aryl methyl sites for hydroxylation is 3. The number of nitrogens with zero attached hydrogens (tertiary/aromatic N) is 3. The summed E-state index contributed by atoms with van der Waals surface area (Å²) in [4.78, 5) is 83.8. The molecule has 0 aliphatic rings. The number of alkyl halides is 1. The Hall–Kier alpha value is -11.1. The van der Waals surface area contributed by atoms with Gasteiger partial charge in [0.1, 0.15) is 0 Å². The minimum atomic E-state index is -3.73. The number of primary sulfonamides is 1. The summed E-state index contributed by atoms with van der Waals surface area (Å²) in [5.74, 6) is -0.284. The lowest BCUT2D eigenvalue weighted by molar-refractivity contribution is -0.116. The zero-order chi connectivity index (χ0) is 90.2. The predicted molar refractivity (Wildman–Crippen MR) is 489 cm³/mol. The molecule has 0 bridgehead atoms. The van der Waals surface area contributed by atoms with Crippen LogP contribution >= 0.6 is 0 Å². The first-order valence-electron chi connectivity index (χ1n) is 40.5. The number of carbonyl (C=O) groups excluding carboxylic acids is 5. The molecule has 0 unspecified atom stereocenters. The molecular weight excluding hydrogens is 1580 g/mol. The number of hydrogen-bond acceptors (Lipinski definition) is 15. The van der Waals surface area contributed by atoms with Gasteiger partial charge in [-0.1, -0.05) is 245 Å². The fourth-order valence-corrected chi connectivity index (χ4v) is 14.1. The maximum absolute atomic E-state index is 13.2. The van der Waals surface area contributed by atoms with Gasteiger partial charge in [0, 0.05) is 50.4 Å². The summed E-state index contributed by atoms with van der Waals surface area (Å²) in [5, 5.41) is 23.4. The second kappa shape index (κ2) is 47.1. The molecule has 646 valence electrons. The van der Waals surface area contributed by atoms with Crippen LogP contribution in [0.3, 0.4) is 0 Å². The molecule has 0 spiro atoms. The van der Waals surface area contributed by atoms with E-state index in [2.05, 4.69) is 128 Å². The number of rotatable bonds is 32. The number of hydrogen-bond donors (Lipinski definition) is 7. The Labute approximate surface area is 712 Å². The molecule has 0 saturated heterocycles. The van der Waals surface area contributed by atoms with Crippen LogP contribution in [0.15, 0.2) is 200 Å². The van der Waals surface area contributed by atoms with E-state index in [4.69, 9.17) is 1.37 Å². The summed E-state index contributed by atoms with van der Waals surface area (Å²) in [5.41, 5.74) is 15.5. The van der Waals surface area contributed by atoms with Crippen LogP contribution in [-0.4, -0.2) is 131 Å². The molecule has 9 aromatic rings. The normalized spacial score (nSPS) is 11.3. The SMILES string of the molecule is CS(N)(=O)=O.Cc1ccc(CC(=O)Nc2cc(-c3ccccc3C(=O)NS(C)(=O)=O)ccc2N(CC(C)C)CC(C)C)cc1.Cc1ccc(CC(=O)Nc2cc(-c3ccccc3C(=O)NS(C)(=O)=O)ccc2N(CC(C)C)CC(C)C)cc1.Cc1ccc(CC(=O)Nc2cc(-c3ccccc3C(=O)O)ccc2N(CC(C)C)CC(C)C)cc1.[2H]CF. The van der Waals surface area contributed by atoms with Gasteiger partial charge in [0.25, 0.3) is 11.8 Å². The molecule has 26 heteroatoms. The molecule has 0 fully saturated rings. The van der Waals surface area contributed by atoms with Crippen molar-refractivity contribution in [3.63, 3.8) is 0 Å². The molecule has 0 aromatic heterocycles. The summed E-state index contributed by atoms with van der Waals surface area (Å²) in [6.45, 7) is 37.0. The van der Waals surface area contributed by atoms with Crippen molar-refractivity contribution in [2.75, 3.05) is 95.8 Å². The number of aromatic carboxylic acids is 1. The minimum Gasteiger partial charge on any atom is -0.478 e. The Kier molecular flexibility index (Phi) is 38.4. The van der Waals surface area contributed by atoms with Crippen LogP contribution in [0.1, 0.15) is 149 Å². The summed E-state index contributed by atoms with van der Waals surface area (Å²) < 4.78 is 85.3. The number of sulfonamides is 3. The van der Waals surface area contributed by atoms with Gasteiger partial charge >= 0.3 is 5.97 Å². The molecule has 22 nitrogen and oxygen atoms in total. The van der Waals surface area contributed by atoms with Crippen molar-refractivity contribution in [1.29, 1.82) is 0 Å². The van der Waals surface area contributed by atoms with Crippen LogP contribution in [0.25, 0.3) is 33.4 Å². The average Bonchev–Trinajstić information content (AvgIpc) is 0.804. The van der Waals surface area contributed by atoms with Crippen LogP contribution in [-0.2, 0) is 63.7 Å². The van der Waals surface area contributed by atoms with Gasteiger partial charge < -0.3 is 35.8 Å². The van der Waals surface area contributed by atoms with Crippen LogP contribution in [0.4, 0.5) is 38.5 Å². The standard InChI is InChI=1S/2C31H39N3O4S.C30H36N2O3.CH3F.CH5NO2S/c2*1-21(2)19-34(20-22(3)4)29-16-15-25(26-9-7-8-10-27(26)31(36)33-39(6,37)38)18-28(29)32-30(35)17-24-13-11-23(5)12-14-24;1-20(2)18-32(19-21(3)4)28-15-14-24(25-8-6-7-9-26(25)30(34)35)17-27(28)31-29(33)16-23-12-10-22(5)11-13-23;1-2;1-5(2,3)4/h2*7-16,18,21-22H,17,19-20H2,1-6H3,(H,32,35)(H,33,36);6-15,17,20-21H,16,18-19H2,1-5H3,(H,31,33)(H,34,35);1H3;1H3,(H2,2,3,4)/i;;;1D;. The summed E-state index contributed by atoms with van der Waals surface area (Å²) >= 11 is 0. The van der Waals surface area contributed by atoms with E-state index in [1.807, 2.05) is 154 Å². The first-order chi connectivity index (χ1) is 56.7. The Balaban J connectivity index is 0.000000309. The van der Waals surface area contributed by atoms with Crippen molar-refractivity contribution in [3.8, 4) is 33.4 Å². The van der Waals surface area contributed by atoms with Crippen molar-refractivity contribution in [1.82, 2.24) is 9.44 Å². The van der Waals surface area contributed by atoms with E-state index >= 15 is 0 Å². The van der Waals surface area contributed by atoms with Gasteiger partial charge in [-0.25, -0.2) is 44.6 Å². The number of nitrogens with two attached hydrogens (primary N) is 1. The number of halogens is 1. The average molecular weight is 1700 g/mol. The van der Waals surface area contributed by atoms with Crippen molar-refractivity contribution in [3.05, 3.63) is 250 Å². The molecular formula is C94H122FN9O13S3. The molecule has 9 aromatic carbocycles. The number of carboxylic acid groups (broad SMARTS) is 1. The van der Waals surface area contributed by atoms with E-state index < -0.39 is 55.0 Å². The van der Waals surface area contributed by atoms with Crippen molar-refractivity contribution in [2.24, 2.45) is 40.6 Å². The third-order valence-corrected chi connectivity index (χ3v) is 18.9. The van der Waals surface area contributed by atoms with E-state index in [0.29, 0.717) is 80.4 Å². The second-order valence-corrected chi connectivity index (χ2v) is 37.7. The van der Waals surface area contributed by atoms with Crippen LogP contribution < -0.4 is 45.2 Å². The largest absolute Gasteiger partial charge is 0.478 e. The third kappa shape index (κ3) is 35.1. The van der Waals surface area contributed by atoms with Crippen molar-refractivity contribution in [2.45, 2.75) is 123 Å². The van der Waals surface area contributed by atoms with Gasteiger partial charge in [-0.3, -0.25) is 28.4 Å². The predicted octanol–water partition coefficient (Wildman–Crippen LogP) is 17.5. The Morgan fingerprint density at radius 3 is 0.808 bits per heavy atom. The molecule has 8 N–H and O–H groups in total. The molecule has 0 saturated carbocycles. The lowest BCUT2D eigenvalue weighted by atomic mass is 9.97. The van der Waals surface area contributed by atoms with E-state index in [-0.39, 0.29) is 53.7 Å². The van der Waals surface area contributed by atoms with E-state index in [1.165, 1.54) is 0 Å². The second-order valence-electron chi connectivity index (χ2n) is 32.6. The van der Waals surface area contributed by atoms with Crippen LogP contribution in [0, 0.1) is 56.3 Å². The highest BCUT2D eigenvalue weighted by molar-refractivity contribution is 7.89. The van der Waals surface area contributed by atoms with E-state index in [1.54, 1.807) is 66.7 Å². The molecule has 0 atom stereocenters. The topological polar surface area (TPSA) is 321 Å². The lowest BCUT2D eigenvalue weighted by Gasteiger charge is -2.31. The number of anilines is 6. The Morgan fingerprint density at radius 2 is 0.592 bits per heavy atom. The zero-order valence-corrected chi connectivity index (χ0v) is 74.9. The minimum absolute atomic E-state index is 0.104. The van der Waals surface area contributed by atoms with Crippen molar-refractivity contribution < 1.29 is 64.9 Å². The molecule has 120 heavy (non-hydrogen) atoms. The van der Waals surface area contributed by atoms with Gasteiger partial charge in [0.15, 0.2) is 0 Å². The number of nitrogens with one attached hydrogen (secondary N) is 5. The summed E-state index contributed by atoms with van der Waals surface area (Å²) in [6.07, 6.45) is 3.55. The first-order valence-corrected chi connectivity index (χ1v) is 45.5. The van der Waals surface area contributed by atoms with Crippen LogP contribution in [0.2, 0.25) is 0 Å². The van der Waals surface area contributed by atoms with Gasteiger partial charge in [0.2, 0.25) is 47.8 Å². The lowest BCUT2D eigenvalue weighted by Crippen LogP contribution is -2.32. The van der Waals surface area contributed by atoms with Gasteiger partial charge in [0.05, 0.1) is 86.2 Å². The molecule has 9 rings (SSSR count). The number of benzene rings is 9. The van der Waals surface area contributed by atoms with Gasteiger partial charge in [-0.2, -0.15) is 0 Å². The Morgan fingerprint density at radius 1 is 0.375 bits per heavy atom. The van der Waals surface area contributed by atoms with Crippen LogP contribution in [0.5, 0.6) is 0 Å². The fourth-order valence-electron chi connectivity index (χ4n) is 13.2. The van der Waals surface area contributed by atoms with Crippen molar-refractivity contribution >= 4 is 99.7 Å². The summed E-state index contributed by atoms with van der Waals surface area (Å²) in [7, 11) is -11.6. The fraction of sp³-hybridized carbons (Fsp3) is 0.362. The highest BCUT2D eigenvalue weighted by Gasteiger charge is 2.25. The number of carboxylic acids is 1. The molecule has 0 radical (unpaired) electrons. The molecule has 5 amide bonds. The highest BCUT2D eigenvalue weighted by atomic mass is 32.2. The number of amides is 5. The highest BCUT2D eigenvalue weighted by Crippen LogP contribution is 2.39. The molecule has 0 aliphatic heterocycles. The van der Waals surface area contributed by atoms with E-state index in [9.17, 15) is 63.5 Å². The Bertz CT molecular complexity index is 5040. The summed E-state index contributed by atoms with van der Waals surface area (Å²) in [6, 6.07) is 61.6. The monoisotopic (exact) mass is 1700 g/mol. The quantitative estimate of drug-likeness (QED) is 0.0206. The van der Waals surface area contributed by atoms with Gasteiger partial charge in [-0.15, -0.1) is 0 Å². The molecule has 0 heterocycles. The number of carbonyl (C=O) groups is 6. The third-order valence-electron chi connectivity index (χ3n) is 17.8. The first kappa shape index (κ1) is 97.8. The maximum Gasteiger partial charge on any atom is 0.336 e. The molecule has 0 aliphatic carbocycles. The zero-order valence-electron chi connectivity index (χ0n) is 73.5. The maximum atomic E-state index is 13.2.